The molecule has 2 aliphatic heterocycles. The highest BCUT2D eigenvalue weighted by molar-refractivity contribution is 6.52. The van der Waals surface area contributed by atoms with Crippen LogP contribution in [0.5, 0.6) is 0 Å². The van der Waals surface area contributed by atoms with Crippen molar-refractivity contribution in [1.29, 1.82) is 0 Å². The minimum Gasteiger partial charge on any atom is -0.442 e. The van der Waals surface area contributed by atoms with Crippen LogP contribution in [0.2, 0.25) is 0 Å². The molecule has 6 nitrogen and oxygen atoms in total. The Hall–Kier alpha value is -2.37. The van der Waals surface area contributed by atoms with Crippen molar-refractivity contribution in [2.24, 2.45) is 0 Å². The predicted molar refractivity (Wildman–Crippen MR) is 70.9 cm³/mol. The monoisotopic (exact) mass is 274 g/mol. The fourth-order valence-corrected chi connectivity index (χ4v) is 2.58. The molecule has 20 heavy (non-hydrogen) atoms. The molecule has 1 atom stereocenters. The summed E-state index contributed by atoms with van der Waals surface area (Å²) in [4.78, 5) is 36.6. The summed E-state index contributed by atoms with van der Waals surface area (Å²) in [5.74, 6) is -1.06. The lowest BCUT2D eigenvalue weighted by Gasteiger charge is -2.21. The normalized spacial score (nSPS) is 21.0. The van der Waals surface area contributed by atoms with E-state index in [1.807, 2.05) is 19.9 Å². The van der Waals surface area contributed by atoms with Crippen LogP contribution in [0.3, 0.4) is 0 Å². The standard InChI is InChI=1S/C14H14N2O4/c1-7-3-4-10-11(8(7)2)16(13(18)12(10)17)6-9-5-15-14(19)20-9/h3-4,9H,5-6H2,1-2H3,(H,15,19). The lowest BCUT2D eigenvalue weighted by atomic mass is 10.0. The Labute approximate surface area is 115 Å². The van der Waals surface area contributed by atoms with Crippen LogP contribution >= 0.6 is 0 Å². The summed E-state index contributed by atoms with van der Waals surface area (Å²) >= 11 is 0. The first-order valence-electron chi connectivity index (χ1n) is 6.40. The lowest BCUT2D eigenvalue weighted by molar-refractivity contribution is -0.114. The SMILES string of the molecule is Cc1ccc2c(c1C)N(CC1CNC(=O)O1)C(=O)C2=O. The number of fused-ring (bicyclic) bond motifs is 1. The Kier molecular flexibility index (Phi) is 2.74. The molecule has 1 saturated heterocycles. The molecule has 1 unspecified atom stereocenters. The Bertz CT molecular complexity index is 638. The van der Waals surface area contributed by atoms with Crippen molar-refractivity contribution in [2.75, 3.05) is 18.0 Å². The Balaban J connectivity index is 1.97. The molecule has 0 radical (unpaired) electrons. The number of ketones is 1. The molecule has 0 saturated carbocycles. The number of amides is 2. The van der Waals surface area contributed by atoms with Crippen molar-refractivity contribution in [3.8, 4) is 0 Å². The third-order valence-corrected chi connectivity index (χ3v) is 3.79. The van der Waals surface area contributed by atoms with Gasteiger partial charge >= 0.3 is 6.09 Å². The average molecular weight is 274 g/mol. The van der Waals surface area contributed by atoms with E-state index >= 15 is 0 Å². The molecule has 104 valence electrons. The number of hydrogen-bond donors (Lipinski definition) is 1. The Morgan fingerprint density at radius 2 is 2.05 bits per heavy atom. The summed E-state index contributed by atoms with van der Waals surface area (Å²) in [6.45, 7) is 4.35. The maximum absolute atomic E-state index is 12.1. The van der Waals surface area contributed by atoms with Crippen molar-refractivity contribution < 1.29 is 19.1 Å². The van der Waals surface area contributed by atoms with Gasteiger partial charge in [0.05, 0.1) is 24.3 Å². The number of carbonyl (C=O) groups excluding carboxylic acids is 3. The largest absolute Gasteiger partial charge is 0.442 e. The number of alkyl carbamates (subject to hydrolysis) is 1. The summed E-state index contributed by atoms with van der Waals surface area (Å²) in [6, 6.07) is 3.51. The first-order valence-corrected chi connectivity index (χ1v) is 6.40. The molecule has 0 aromatic heterocycles. The summed E-state index contributed by atoms with van der Waals surface area (Å²) in [5.41, 5.74) is 2.98. The van der Waals surface area contributed by atoms with Crippen LogP contribution in [-0.4, -0.2) is 37.0 Å². The number of aryl methyl sites for hydroxylation is 1. The minimum atomic E-state index is -0.559. The highest BCUT2D eigenvalue weighted by Crippen LogP contribution is 2.34. The molecule has 0 bridgehead atoms. The minimum absolute atomic E-state index is 0.195. The van der Waals surface area contributed by atoms with Crippen molar-refractivity contribution in [2.45, 2.75) is 20.0 Å². The fraction of sp³-hybridized carbons (Fsp3) is 0.357. The van der Waals surface area contributed by atoms with E-state index in [9.17, 15) is 14.4 Å². The molecule has 0 spiro atoms. The van der Waals surface area contributed by atoms with E-state index in [0.717, 1.165) is 11.1 Å². The molecular formula is C14H14N2O4. The number of cyclic esters (lactones) is 1. The highest BCUT2D eigenvalue weighted by Gasteiger charge is 2.39. The van der Waals surface area contributed by atoms with Gasteiger partial charge in [0, 0.05) is 0 Å². The van der Waals surface area contributed by atoms with Crippen molar-refractivity contribution in [3.05, 3.63) is 28.8 Å². The molecule has 0 aliphatic carbocycles. The maximum atomic E-state index is 12.1. The number of anilines is 1. The molecule has 2 heterocycles. The number of hydrogen-bond acceptors (Lipinski definition) is 4. The maximum Gasteiger partial charge on any atom is 0.407 e. The van der Waals surface area contributed by atoms with E-state index in [1.54, 1.807) is 6.07 Å². The second kappa shape index (κ2) is 4.33. The summed E-state index contributed by atoms with van der Waals surface area (Å²) in [6.07, 6.45) is -0.917. The van der Waals surface area contributed by atoms with Gasteiger partial charge in [-0.1, -0.05) is 6.07 Å². The molecule has 1 N–H and O–H groups in total. The smallest absolute Gasteiger partial charge is 0.407 e. The first-order chi connectivity index (χ1) is 9.49. The van der Waals surface area contributed by atoms with E-state index < -0.39 is 23.9 Å². The molecule has 2 aliphatic rings. The van der Waals surface area contributed by atoms with Gasteiger partial charge in [0.1, 0.15) is 6.10 Å². The zero-order chi connectivity index (χ0) is 14.4. The second-order valence-electron chi connectivity index (χ2n) is 5.06. The highest BCUT2D eigenvalue weighted by atomic mass is 16.6. The van der Waals surface area contributed by atoms with E-state index in [1.165, 1.54) is 4.90 Å². The van der Waals surface area contributed by atoms with E-state index in [4.69, 9.17) is 4.74 Å². The molecule has 6 heteroatoms. The number of ether oxygens (including phenoxy) is 1. The molecule has 2 amide bonds. The number of nitrogens with one attached hydrogen (secondary N) is 1. The van der Waals surface area contributed by atoms with Gasteiger partial charge in [0.15, 0.2) is 0 Å². The van der Waals surface area contributed by atoms with Crippen molar-refractivity contribution in [1.82, 2.24) is 5.32 Å². The quantitative estimate of drug-likeness (QED) is 0.814. The van der Waals surface area contributed by atoms with Gasteiger partial charge in [-0.3, -0.25) is 9.59 Å². The van der Waals surface area contributed by atoms with Gasteiger partial charge in [-0.05, 0) is 31.0 Å². The lowest BCUT2D eigenvalue weighted by Crippen LogP contribution is -2.38. The van der Waals surface area contributed by atoms with Crippen LogP contribution in [0, 0.1) is 13.8 Å². The summed E-state index contributed by atoms with van der Waals surface area (Å²) in [5, 5.41) is 2.54. The van der Waals surface area contributed by atoms with Crippen LogP contribution in [0.15, 0.2) is 12.1 Å². The zero-order valence-corrected chi connectivity index (χ0v) is 11.2. The van der Waals surface area contributed by atoms with Crippen LogP contribution in [-0.2, 0) is 9.53 Å². The zero-order valence-electron chi connectivity index (χ0n) is 11.2. The predicted octanol–water partition coefficient (Wildman–Crippen LogP) is 0.941. The third kappa shape index (κ3) is 1.76. The molecule has 1 aromatic rings. The fourth-order valence-electron chi connectivity index (χ4n) is 2.58. The molecule has 3 rings (SSSR count). The Morgan fingerprint density at radius 3 is 2.70 bits per heavy atom. The number of carbonyl (C=O) groups is 3. The van der Waals surface area contributed by atoms with Gasteiger partial charge in [-0.2, -0.15) is 0 Å². The van der Waals surface area contributed by atoms with Gasteiger partial charge < -0.3 is 15.0 Å². The van der Waals surface area contributed by atoms with Crippen LogP contribution in [0.25, 0.3) is 0 Å². The van der Waals surface area contributed by atoms with E-state index in [2.05, 4.69) is 5.32 Å². The number of benzene rings is 1. The summed E-state index contributed by atoms with van der Waals surface area (Å²) in [7, 11) is 0. The topological polar surface area (TPSA) is 75.7 Å². The first kappa shape index (κ1) is 12.7. The second-order valence-corrected chi connectivity index (χ2v) is 5.06. The third-order valence-electron chi connectivity index (χ3n) is 3.79. The van der Waals surface area contributed by atoms with Gasteiger partial charge in [0.25, 0.3) is 11.7 Å². The summed E-state index contributed by atoms with van der Waals surface area (Å²) < 4.78 is 5.04. The van der Waals surface area contributed by atoms with Crippen molar-refractivity contribution >= 4 is 23.5 Å². The van der Waals surface area contributed by atoms with Crippen LogP contribution in [0.4, 0.5) is 10.5 Å². The van der Waals surface area contributed by atoms with Crippen LogP contribution < -0.4 is 10.2 Å². The molecular weight excluding hydrogens is 260 g/mol. The van der Waals surface area contributed by atoms with Gasteiger partial charge in [-0.15, -0.1) is 0 Å². The average Bonchev–Trinajstić information content (AvgIpc) is 2.92. The Morgan fingerprint density at radius 1 is 1.30 bits per heavy atom. The number of nitrogens with zero attached hydrogens (tertiary/aromatic N) is 1. The van der Waals surface area contributed by atoms with E-state index in [-0.39, 0.29) is 6.54 Å². The molecule has 1 fully saturated rings. The number of rotatable bonds is 2. The van der Waals surface area contributed by atoms with Gasteiger partial charge in [0.2, 0.25) is 0 Å². The van der Waals surface area contributed by atoms with Gasteiger partial charge in [-0.25, -0.2) is 4.79 Å². The van der Waals surface area contributed by atoms with Crippen LogP contribution in [0.1, 0.15) is 21.5 Å². The molecule has 1 aromatic carbocycles. The van der Waals surface area contributed by atoms with Crippen molar-refractivity contribution in [3.63, 3.8) is 0 Å². The number of Topliss-reactive ketones (excluding diaryl/α,β-unsaturated/α-hetero) is 1. The van der Waals surface area contributed by atoms with E-state index in [0.29, 0.717) is 17.8 Å².